The van der Waals surface area contributed by atoms with Crippen molar-refractivity contribution < 1.29 is 4.74 Å². The lowest BCUT2D eigenvalue weighted by Gasteiger charge is -2.28. The zero-order valence-corrected chi connectivity index (χ0v) is 10.6. The van der Waals surface area contributed by atoms with Crippen LogP contribution in [-0.2, 0) is 4.74 Å². The Hall–Kier alpha value is -0.380. The minimum Gasteiger partial charge on any atom is -0.377 e. The second-order valence-corrected chi connectivity index (χ2v) is 5.02. The van der Waals surface area contributed by atoms with Crippen molar-refractivity contribution in [1.82, 2.24) is 10.6 Å². The molecule has 0 saturated heterocycles. The third-order valence-electron chi connectivity index (χ3n) is 4.11. The lowest BCUT2D eigenvalue weighted by molar-refractivity contribution is 0.123. The van der Waals surface area contributed by atoms with Crippen LogP contribution in [0.3, 0.4) is 0 Å². The van der Waals surface area contributed by atoms with Crippen molar-refractivity contribution in [1.29, 1.82) is 0 Å². The van der Waals surface area contributed by atoms with Crippen molar-refractivity contribution in [3.63, 3.8) is 0 Å². The standard InChI is InChI=1S/C13H24N2O/c1-4-10-9-13(10,14-2)15-11-5-7-12(16-3)8-6-11/h5,7,10-12,14-15H,4,6,8-9H2,1-3H3. The lowest BCUT2D eigenvalue weighted by atomic mass is 10.00. The number of methoxy groups -OCH3 is 1. The van der Waals surface area contributed by atoms with Crippen molar-refractivity contribution in [3.8, 4) is 0 Å². The highest BCUT2D eigenvalue weighted by Crippen LogP contribution is 2.43. The third-order valence-corrected chi connectivity index (χ3v) is 4.11. The van der Waals surface area contributed by atoms with Crippen molar-refractivity contribution in [3.05, 3.63) is 12.2 Å². The monoisotopic (exact) mass is 224 g/mol. The number of hydrogen-bond acceptors (Lipinski definition) is 3. The molecule has 16 heavy (non-hydrogen) atoms. The van der Waals surface area contributed by atoms with Gasteiger partial charge in [0.05, 0.1) is 11.8 Å². The number of ether oxygens (including phenoxy) is 1. The first-order valence-corrected chi connectivity index (χ1v) is 6.41. The first kappa shape index (κ1) is 12.1. The lowest BCUT2D eigenvalue weighted by Crippen LogP contribution is -2.50. The topological polar surface area (TPSA) is 33.3 Å². The van der Waals surface area contributed by atoms with Gasteiger partial charge in [-0.3, -0.25) is 5.32 Å². The molecule has 0 amide bonds. The van der Waals surface area contributed by atoms with Gasteiger partial charge in [-0.1, -0.05) is 25.5 Å². The van der Waals surface area contributed by atoms with E-state index in [1.807, 2.05) is 0 Å². The van der Waals surface area contributed by atoms with Crippen LogP contribution in [0.4, 0.5) is 0 Å². The summed E-state index contributed by atoms with van der Waals surface area (Å²) in [5.74, 6) is 0.797. The van der Waals surface area contributed by atoms with Crippen LogP contribution in [0.2, 0.25) is 0 Å². The highest BCUT2D eigenvalue weighted by molar-refractivity contribution is 5.12. The zero-order chi connectivity index (χ0) is 11.6. The van der Waals surface area contributed by atoms with Crippen molar-refractivity contribution in [2.24, 2.45) is 5.92 Å². The molecule has 0 aromatic heterocycles. The minimum absolute atomic E-state index is 0.212. The summed E-state index contributed by atoms with van der Waals surface area (Å²) in [4.78, 5) is 0. The first-order valence-electron chi connectivity index (χ1n) is 6.41. The molecular weight excluding hydrogens is 200 g/mol. The molecule has 2 N–H and O–H groups in total. The largest absolute Gasteiger partial charge is 0.377 e. The fraction of sp³-hybridized carbons (Fsp3) is 0.846. The Morgan fingerprint density at radius 1 is 1.38 bits per heavy atom. The summed E-state index contributed by atoms with van der Waals surface area (Å²) in [7, 11) is 3.85. The van der Waals surface area contributed by atoms with Crippen LogP contribution in [0.1, 0.15) is 32.6 Å². The Morgan fingerprint density at radius 3 is 2.62 bits per heavy atom. The maximum atomic E-state index is 5.32. The maximum Gasteiger partial charge on any atom is 0.0753 e. The molecule has 0 spiro atoms. The second-order valence-electron chi connectivity index (χ2n) is 5.02. The third kappa shape index (κ3) is 2.31. The molecule has 2 rings (SSSR count). The Labute approximate surface area is 98.6 Å². The van der Waals surface area contributed by atoms with Crippen LogP contribution in [0, 0.1) is 5.92 Å². The molecule has 0 aliphatic heterocycles. The fourth-order valence-electron chi connectivity index (χ4n) is 2.82. The van der Waals surface area contributed by atoms with Crippen LogP contribution in [0.15, 0.2) is 12.2 Å². The van der Waals surface area contributed by atoms with E-state index in [-0.39, 0.29) is 5.66 Å². The van der Waals surface area contributed by atoms with Crippen molar-refractivity contribution in [2.45, 2.75) is 50.4 Å². The van der Waals surface area contributed by atoms with Gasteiger partial charge in [-0.2, -0.15) is 0 Å². The predicted molar refractivity (Wildman–Crippen MR) is 66.3 cm³/mol. The van der Waals surface area contributed by atoms with Gasteiger partial charge in [-0.25, -0.2) is 0 Å². The summed E-state index contributed by atoms with van der Waals surface area (Å²) < 4.78 is 5.32. The average molecular weight is 224 g/mol. The molecule has 0 aromatic carbocycles. The second kappa shape index (κ2) is 4.86. The molecule has 1 saturated carbocycles. The first-order chi connectivity index (χ1) is 7.74. The molecule has 0 aromatic rings. The normalized spacial score (nSPS) is 42.3. The van der Waals surface area contributed by atoms with Gasteiger partial charge in [0, 0.05) is 13.2 Å². The summed E-state index contributed by atoms with van der Waals surface area (Å²) >= 11 is 0. The highest BCUT2D eigenvalue weighted by Gasteiger charge is 2.52. The quantitative estimate of drug-likeness (QED) is 0.550. The van der Waals surface area contributed by atoms with Crippen LogP contribution >= 0.6 is 0 Å². The summed E-state index contributed by atoms with van der Waals surface area (Å²) in [6.07, 6.45) is 9.60. The van der Waals surface area contributed by atoms with Crippen molar-refractivity contribution in [2.75, 3.05) is 14.2 Å². The van der Waals surface area contributed by atoms with E-state index in [1.54, 1.807) is 7.11 Å². The van der Waals surface area contributed by atoms with Gasteiger partial charge in [-0.15, -0.1) is 0 Å². The van der Waals surface area contributed by atoms with Crippen LogP contribution in [0.5, 0.6) is 0 Å². The van der Waals surface area contributed by atoms with Gasteiger partial charge in [0.25, 0.3) is 0 Å². The number of hydrogen-bond donors (Lipinski definition) is 2. The molecule has 1 fully saturated rings. The van der Waals surface area contributed by atoms with Gasteiger partial charge in [-0.05, 0) is 32.2 Å². The van der Waals surface area contributed by atoms with Gasteiger partial charge in [0.1, 0.15) is 0 Å². The van der Waals surface area contributed by atoms with E-state index in [0.717, 1.165) is 12.3 Å². The molecule has 4 atom stereocenters. The average Bonchev–Trinajstić information content (AvgIpc) is 3.04. The Bertz CT molecular complexity index is 267. The maximum absolute atomic E-state index is 5.32. The molecule has 92 valence electrons. The molecule has 4 unspecified atom stereocenters. The Kier molecular flexibility index (Phi) is 3.67. The van der Waals surface area contributed by atoms with Crippen LogP contribution in [0.25, 0.3) is 0 Å². The van der Waals surface area contributed by atoms with Crippen LogP contribution < -0.4 is 10.6 Å². The zero-order valence-electron chi connectivity index (χ0n) is 10.6. The number of nitrogens with one attached hydrogen (secondary N) is 2. The molecule has 3 heteroatoms. The van der Waals surface area contributed by atoms with E-state index in [4.69, 9.17) is 4.74 Å². The smallest absolute Gasteiger partial charge is 0.0753 e. The Morgan fingerprint density at radius 2 is 2.19 bits per heavy atom. The number of rotatable bonds is 5. The van der Waals surface area contributed by atoms with Gasteiger partial charge in [0.2, 0.25) is 0 Å². The molecule has 2 aliphatic carbocycles. The Balaban J connectivity index is 1.87. The summed E-state index contributed by atoms with van der Waals surface area (Å²) in [6.45, 7) is 2.27. The van der Waals surface area contributed by atoms with E-state index < -0.39 is 0 Å². The molecule has 2 aliphatic rings. The van der Waals surface area contributed by atoms with E-state index in [1.165, 1.54) is 19.3 Å². The summed E-state index contributed by atoms with van der Waals surface area (Å²) in [5.41, 5.74) is 0.212. The van der Waals surface area contributed by atoms with Gasteiger partial charge >= 0.3 is 0 Å². The molecular formula is C13H24N2O. The van der Waals surface area contributed by atoms with Gasteiger partial charge in [0.15, 0.2) is 0 Å². The molecule has 3 nitrogen and oxygen atoms in total. The van der Waals surface area contributed by atoms with Crippen LogP contribution in [-0.4, -0.2) is 32.0 Å². The highest BCUT2D eigenvalue weighted by atomic mass is 16.5. The van der Waals surface area contributed by atoms with E-state index in [0.29, 0.717) is 12.1 Å². The van der Waals surface area contributed by atoms with Crippen molar-refractivity contribution >= 4 is 0 Å². The summed E-state index contributed by atoms with van der Waals surface area (Å²) in [5, 5.41) is 7.20. The van der Waals surface area contributed by atoms with E-state index >= 15 is 0 Å². The minimum atomic E-state index is 0.212. The van der Waals surface area contributed by atoms with E-state index in [9.17, 15) is 0 Å². The molecule has 0 radical (unpaired) electrons. The summed E-state index contributed by atoms with van der Waals surface area (Å²) in [6, 6.07) is 0.510. The van der Waals surface area contributed by atoms with Gasteiger partial charge < -0.3 is 10.1 Å². The molecule has 0 heterocycles. The SMILES string of the molecule is CCC1CC1(NC)NC1C=CC(OC)CC1. The van der Waals surface area contributed by atoms with E-state index in [2.05, 4.69) is 36.8 Å². The fourth-order valence-corrected chi connectivity index (χ4v) is 2.82. The molecule has 0 bridgehead atoms. The predicted octanol–water partition coefficient (Wildman–Crippen LogP) is 1.66.